The molecule has 0 saturated carbocycles. The first-order valence-electron chi connectivity index (χ1n) is 12.6. The van der Waals surface area contributed by atoms with Crippen LogP contribution < -0.4 is 16.8 Å². The molecule has 0 radical (unpaired) electrons. The molecule has 1 aromatic heterocycles. The molecule has 0 bridgehead atoms. The Balaban J connectivity index is 1.71. The van der Waals surface area contributed by atoms with Crippen molar-refractivity contribution in [2.75, 3.05) is 52.0 Å². The summed E-state index contributed by atoms with van der Waals surface area (Å²) in [6.45, 7) is 4.77. The number of allylic oxidation sites excluding steroid dienone is 2. The Hall–Kier alpha value is -3.51. The highest BCUT2D eigenvalue weighted by atomic mass is 19.4. The second kappa shape index (κ2) is 11.1. The van der Waals surface area contributed by atoms with Gasteiger partial charge in [-0.05, 0) is 56.0 Å². The maximum Gasteiger partial charge on any atom is 0.431 e. The first kappa shape index (κ1) is 27.5. The number of anilines is 1. The molecule has 1 aromatic carbocycles. The summed E-state index contributed by atoms with van der Waals surface area (Å²) in [4.78, 5) is 22.0. The molecule has 0 unspecified atom stereocenters. The number of aryl methyl sites for hydroxylation is 1. The summed E-state index contributed by atoms with van der Waals surface area (Å²) in [5.74, 6) is -0.576. The molecule has 12 heteroatoms. The van der Waals surface area contributed by atoms with Gasteiger partial charge in [0, 0.05) is 67.7 Å². The number of nitrogens with two attached hydrogens (primary N) is 2. The number of amides is 1. The molecule has 0 atom stereocenters. The Morgan fingerprint density at radius 2 is 1.82 bits per heavy atom. The SMILES string of the molecule is CN1CCN(CCNC(=O)C(=N)c2c(N)ccc3nc(C(C=N)=C(N)C(F)(F)F)c4c(c23)CCCC4)CC1. The van der Waals surface area contributed by atoms with E-state index in [1.807, 2.05) is 0 Å². The zero-order chi connectivity index (χ0) is 27.6. The van der Waals surface area contributed by atoms with Gasteiger partial charge in [-0.1, -0.05) is 0 Å². The number of nitrogen functional groups attached to an aromatic ring is 1. The number of carbonyl (C=O) groups excluding carboxylic acids is 1. The van der Waals surface area contributed by atoms with Gasteiger partial charge in [0.05, 0.1) is 11.2 Å². The summed E-state index contributed by atoms with van der Waals surface area (Å²) in [6.07, 6.45) is -1.77. The maximum atomic E-state index is 13.5. The highest BCUT2D eigenvalue weighted by Gasteiger charge is 2.36. The molecule has 1 amide bonds. The summed E-state index contributed by atoms with van der Waals surface area (Å²) < 4.78 is 40.4. The highest BCUT2D eigenvalue weighted by Crippen LogP contribution is 2.38. The monoisotopic (exact) mass is 530 g/mol. The van der Waals surface area contributed by atoms with Crippen molar-refractivity contribution in [3.8, 4) is 0 Å². The van der Waals surface area contributed by atoms with Crippen molar-refractivity contribution < 1.29 is 18.0 Å². The van der Waals surface area contributed by atoms with E-state index in [9.17, 15) is 18.0 Å². The summed E-state index contributed by atoms with van der Waals surface area (Å²) >= 11 is 0. The number of halogens is 3. The quantitative estimate of drug-likeness (QED) is 0.274. The lowest BCUT2D eigenvalue weighted by molar-refractivity contribution is -0.114. The smallest absolute Gasteiger partial charge is 0.398 e. The lowest BCUT2D eigenvalue weighted by Gasteiger charge is -2.32. The van der Waals surface area contributed by atoms with Crippen LogP contribution in [-0.2, 0) is 17.6 Å². The maximum absolute atomic E-state index is 13.5. The van der Waals surface area contributed by atoms with E-state index in [1.165, 1.54) is 6.07 Å². The van der Waals surface area contributed by atoms with Gasteiger partial charge in [0.25, 0.3) is 5.91 Å². The van der Waals surface area contributed by atoms with Crippen LogP contribution in [0.5, 0.6) is 0 Å². The number of alkyl halides is 3. The largest absolute Gasteiger partial charge is 0.431 e. The summed E-state index contributed by atoms with van der Waals surface area (Å²) in [6, 6.07) is 3.06. The third kappa shape index (κ3) is 5.51. The lowest BCUT2D eigenvalue weighted by Crippen LogP contribution is -2.47. The second-order valence-electron chi connectivity index (χ2n) is 9.79. The molecule has 204 valence electrons. The van der Waals surface area contributed by atoms with Crippen molar-refractivity contribution in [2.45, 2.75) is 31.9 Å². The topological polar surface area (TPSA) is 148 Å². The van der Waals surface area contributed by atoms with Crippen LogP contribution in [0, 0.1) is 10.8 Å². The van der Waals surface area contributed by atoms with Crippen LogP contribution in [0.2, 0.25) is 0 Å². The van der Waals surface area contributed by atoms with Crippen LogP contribution in [0.25, 0.3) is 16.5 Å². The molecule has 1 fully saturated rings. The summed E-state index contributed by atoms with van der Waals surface area (Å²) in [7, 11) is 2.07. The Labute approximate surface area is 219 Å². The van der Waals surface area contributed by atoms with Gasteiger partial charge >= 0.3 is 6.18 Å². The van der Waals surface area contributed by atoms with Crippen molar-refractivity contribution in [3.05, 3.63) is 40.2 Å². The van der Waals surface area contributed by atoms with Crippen molar-refractivity contribution >= 4 is 40.0 Å². The van der Waals surface area contributed by atoms with E-state index >= 15 is 0 Å². The van der Waals surface area contributed by atoms with Crippen molar-refractivity contribution in [3.63, 3.8) is 0 Å². The Bertz CT molecular complexity index is 1300. The average Bonchev–Trinajstić information content (AvgIpc) is 2.89. The molecule has 1 saturated heterocycles. The fourth-order valence-corrected chi connectivity index (χ4v) is 5.16. The lowest BCUT2D eigenvalue weighted by atomic mass is 9.83. The first-order chi connectivity index (χ1) is 18.0. The van der Waals surface area contributed by atoms with Crippen molar-refractivity contribution in [2.24, 2.45) is 5.73 Å². The average molecular weight is 531 g/mol. The molecule has 4 rings (SSSR count). The molecule has 1 aliphatic heterocycles. The van der Waals surface area contributed by atoms with Gasteiger partial charge in [0.2, 0.25) is 0 Å². The van der Waals surface area contributed by atoms with E-state index in [4.69, 9.17) is 22.3 Å². The normalized spacial score (nSPS) is 17.6. The molecule has 2 heterocycles. The fraction of sp³-hybridized carbons (Fsp3) is 0.462. The van der Waals surface area contributed by atoms with Crippen LogP contribution in [-0.4, -0.2) is 85.1 Å². The van der Waals surface area contributed by atoms with Gasteiger partial charge in [-0.15, -0.1) is 0 Å². The van der Waals surface area contributed by atoms with Crippen LogP contribution in [0.4, 0.5) is 18.9 Å². The number of benzene rings is 1. The standard InChI is InChI=1S/C26H33F3N8O/c1-36-10-12-37(13-11-36)9-8-34-25(38)22(32)21-18(31)6-7-19-20(21)15-4-2-3-5-16(15)23(35-19)17(14-30)24(33)26(27,28)29/h6-7,14,30,32H,2-5,8-13,31,33H2,1H3,(H,34,38). The zero-order valence-corrected chi connectivity index (χ0v) is 21.3. The van der Waals surface area contributed by atoms with Gasteiger partial charge in [-0.25, -0.2) is 4.98 Å². The Kier molecular flexibility index (Phi) is 8.02. The second-order valence-corrected chi connectivity index (χ2v) is 9.79. The van der Waals surface area contributed by atoms with Crippen LogP contribution >= 0.6 is 0 Å². The number of piperazine rings is 1. The third-order valence-corrected chi connectivity index (χ3v) is 7.28. The Morgan fingerprint density at radius 3 is 2.45 bits per heavy atom. The number of hydrogen-bond donors (Lipinski definition) is 5. The van der Waals surface area contributed by atoms with Gasteiger partial charge < -0.3 is 27.1 Å². The van der Waals surface area contributed by atoms with Crippen LogP contribution in [0.3, 0.4) is 0 Å². The summed E-state index contributed by atoms with van der Waals surface area (Å²) in [5.41, 5.74) is 11.5. The van der Waals surface area contributed by atoms with Crippen LogP contribution in [0.1, 0.15) is 35.2 Å². The number of carbonyl (C=O) groups is 1. The number of nitrogens with one attached hydrogen (secondary N) is 3. The number of rotatable bonds is 7. The zero-order valence-electron chi connectivity index (χ0n) is 21.3. The number of likely N-dealkylation sites (N-methyl/N-ethyl adjacent to an activating group) is 1. The third-order valence-electron chi connectivity index (χ3n) is 7.28. The number of nitrogens with zero attached hydrogens (tertiary/aromatic N) is 3. The fourth-order valence-electron chi connectivity index (χ4n) is 5.16. The van der Waals surface area contributed by atoms with E-state index in [2.05, 4.69) is 27.1 Å². The van der Waals surface area contributed by atoms with E-state index < -0.39 is 23.4 Å². The van der Waals surface area contributed by atoms with Crippen LogP contribution in [0.15, 0.2) is 17.8 Å². The number of aromatic nitrogens is 1. The number of pyridine rings is 1. The van der Waals surface area contributed by atoms with Crippen molar-refractivity contribution in [1.29, 1.82) is 10.8 Å². The molecular weight excluding hydrogens is 497 g/mol. The summed E-state index contributed by atoms with van der Waals surface area (Å²) in [5, 5.41) is 19.7. The minimum atomic E-state index is -4.82. The minimum Gasteiger partial charge on any atom is -0.398 e. The molecule has 2 aliphatic rings. The minimum absolute atomic E-state index is 0.0101. The molecule has 38 heavy (non-hydrogen) atoms. The molecule has 9 nitrogen and oxygen atoms in total. The molecule has 1 aliphatic carbocycles. The molecular formula is C26H33F3N8O. The molecule has 7 N–H and O–H groups in total. The van der Waals surface area contributed by atoms with E-state index in [0.717, 1.165) is 39.0 Å². The molecule has 0 spiro atoms. The molecule has 2 aromatic rings. The predicted octanol–water partition coefficient (Wildman–Crippen LogP) is 2.31. The first-order valence-corrected chi connectivity index (χ1v) is 12.6. The van der Waals surface area contributed by atoms with Crippen molar-refractivity contribution in [1.82, 2.24) is 20.1 Å². The van der Waals surface area contributed by atoms with Gasteiger partial charge in [-0.3, -0.25) is 15.1 Å². The number of hydrogen-bond acceptors (Lipinski definition) is 8. The Morgan fingerprint density at radius 1 is 1.16 bits per heavy atom. The van der Waals surface area contributed by atoms with Gasteiger partial charge in [-0.2, -0.15) is 13.2 Å². The van der Waals surface area contributed by atoms with Gasteiger partial charge in [0.15, 0.2) is 0 Å². The predicted molar refractivity (Wildman–Crippen MR) is 143 cm³/mol. The van der Waals surface area contributed by atoms with E-state index in [-0.39, 0.29) is 22.7 Å². The van der Waals surface area contributed by atoms with E-state index in [1.54, 1.807) is 6.07 Å². The van der Waals surface area contributed by atoms with E-state index in [0.29, 0.717) is 54.2 Å². The van der Waals surface area contributed by atoms with Gasteiger partial charge in [0.1, 0.15) is 11.4 Å². The number of fused-ring (bicyclic) bond motifs is 3. The highest BCUT2D eigenvalue weighted by molar-refractivity contribution is 6.47.